The molecule has 0 atom stereocenters. The largest absolute Gasteiger partial charge is 0.423 e. The molecule has 1 aliphatic heterocycles. The van der Waals surface area contributed by atoms with Gasteiger partial charge >= 0.3 is 5.97 Å². The third kappa shape index (κ3) is 5.55. The van der Waals surface area contributed by atoms with Gasteiger partial charge in [0.25, 0.3) is 5.91 Å². The fraction of sp³-hybridized carbons (Fsp3) is 0.0667. The zero-order chi connectivity index (χ0) is 26.4. The van der Waals surface area contributed by atoms with Gasteiger partial charge in [-0.05, 0) is 65.2 Å². The molecule has 0 fully saturated rings. The highest BCUT2D eigenvalue weighted by molar-refractivity contribution is 9.10. The molecule has 188 valence electrons. The molecule has 1 amide bonds. The van der Waals surface area contributed by atoms with Crippen LogP contribution in [-0.2, 0) is 10.3 Å². The van der Waals surface area contributed by atoms with Crippen LogP contribution in [0.4, 0.5) is 0 Å². The van der Waals surface area contributed by atoms with Crippen LogP contribution in [0.25, 0.3) is 0 Å². The van der Waals surface area contributed by atoms with Gasteiger partial charge in [0.15, 0.2) is 0 Å². The Balaban J connectivity index is 1.20. The molecule has 1 heterocycles. The summed E-state index contributed by atoms with van der Waals surface area (Å²) >= 11 is 3.34. The third-order valence-electron chi connectivity index (χ3n) is 6.16. The molecule has 2 N–H and O–H groups in total. The molecule has 5 rings (SSSR count). The summed E-state index contributed by atoms with van der Waals surface area (Å²) in [7, 11) is 0. The van der Waals surface area contributed by atoms with Crippen molar-refractivity contribution in [3.63, 3.8) is 0 Å². The van der Waals surface area contributed by atoms with E-state index in [1.807, 2.05) is 60.7 Å². The van der Waals surface area contributed by atoms with Crippen molar-refractivity contribution in [2.24, 2.45) is 10.2 Å². The standard InChI is InChI=1S/C30H23BrN4O3/c31-25-15-13-22(14-16-25)29(37)38-26-17-11-21(12-18-26)20-32-34-28(36)27-19-30(35-33-27,23-7-3-1-4-8-23)24-9-5-2-6-10-24/h1-18,20,35H,19H2,(H,34,36)/b32-20+. The van der Waals surface area contributed by atoms with Crippen molar-refractivity contribution in [1.29, 1.82) is 0 Å². The fourth-order valence-corrected chi connectivity index (χ4v) is 4.44. The number of nitrogens with zero attached hydrogens (tertiary/aromatic N) is 2. The number of hydrogen-bond donors (Lipinski definition) is 2. The van der Waals surface area contributed by atoms with Crippen LogP contribution in [0.5, 0.6) is 5.75 Å². The van der Waals surface area contributed by atoms with Crippen molar-refractivity contribution in [3.05, 3.63) is 136 Å². The summed E-state index contributed by atoms with van der Waals surface area (Å²) in [6, 6.07) is 33.6. The smallest absolute Gasteiger partial charge is 0.343 e. The summed E-state index contributed by atoms with van der Waals surface area (Å²) in [5.74, 6) is -0.426. The summed E-state index contributed by atoms with van der Waals surface area (Å²) in [6.45, 7) is 0. The van der Waals surface area contributed by atoms with Gasteiger partial charge in [-0.2, -0.15) is 10.2 Å². The Labute approximate surface area is 228 Å². The molecule has 0 aromatic heterocycles. The highest BCUT2D eigenvalue weighted by Crippen LogP contribution is 2.36. The predicted octanol–water partition coefficient (Wildman–Crippen LogP) is 5.41. The van der Waals surface area contributed by atoms with E-state index in [9.17, 15) is 9.59 Å². The summed E-state index contributed by atoms with van der Waals surface area (Å²) in [6.07, 6.45) is 1.89. The summed E-state index contributed by atoms with van der Waals surface area (Å²) < 4.78 is 6.29. The second-order valence-electron chi connectivity index (χ2n) is 8.65. The maximum absolute atomic E-state index is 12.9. The Morgan fingerprint density at radius 1 is 0.868 bits per heavy atom. The Hall–Kier alpha value is -4.56. The lowest BCUT2D eigenvalue weighted by atomic mass is 9.80. The van der Waals surface area contributed by atoms with E-state index in [-0.39, 0.29) is 5.91 Å². The first-order valence-electron chi connectivity index (χ1n) is 11.9. The van der Waals surface area contributed by atoms with Crippen molar-refractivity contribution in [2.75, 3.05) is 0 Å². The minimum atomic E-state index is -0.636. The van der Waals surface area contributed by atoms with E-state index in [1.165, 1.54) is 6.21 Å². The molecule has 0 saturated carbocycles. The van der Waals surface area contributed by atoms with Gasteiger partial charge in [0.1, 0.15) is 17.0 Å². The van der Waals surface area contributed by atoms with E-state index < -0.39 is 11.5 Å². The van der Waals surface area contributed by atoms with Crippen LogP contribution >= 0.6 is 15.9 Å². The van der Waals surface area contributed by atoms with Crippen molar-refractivity contribution in [2.45, 2.75) is 12.0 Å². The monoisotopic (exact) mass is 566 g/mol. The highest BCUT2D eigenvalue weighted by atomic mass is 79.9. The molecule has 0 bridgehead atoms. The van der Waals surface area contributed by atoms with Gasteiger partial charge in [0.05, 0.1) is 11.8 Å². The summed E-state index contributed by atoms with van der Waals surface area (Å²) in [5, 5.41) is 8.45. The Morgan fingerprint density at radius 3 is 2.08 bits per heavy atom. The van der Waals surface area contributed by atoms with E-state index >= 15 is 0 Å². The predicted molar refractivity (Wildman–Crippen MR) is 150 cm³/mol. The van der Waals surface area contributed by atoms with Crippen LogP contribution in [0.2, 0.25) is 0 Å². The molecule has 0 unspecified atom stereocenters. The third-order valence-corrected chi connectivity index (χ3v) is 6.69. The first-order valence-corrected chi connectivity index (χ1v) is 12.7. The molecule has 0 radical (unpaired) electrons. The number of carbonyl (C=O) groups is 2. The number of ether oxygens (including phenoxy) is 1. The Bertz CT molecular complexity index is 1450. The van der Waals surface area contributed by atoms with Gasteiger partial charge in [-0.3, -0.25) is 10.2 Å². The minimum absolute atomic E-state index is 0.352. The van der Waals surface area contributed by atoms with E-state index in [0.717, 1.165) is 21.2 Å². The number of halogens is 1. The van der Waals surface area contributed by atoms with Crippen LogP contribution in [0.15, 0.2) is 124 Å². The van der Waals surface area contributed by atoms with Gasteiger partial charge in [0.2, 0.25) is 0 Å². The first-order chi connectivity index (χ1) is 18.5. The highest BCUT2D eigenvalue weighted by Gasteiger charge is 2.41. The van der Waals surface area contributed by atoms with Crippen LogP contribution in [0, 0.1) is 0 Å². The second-order valence-corrected chi connectivity index (χ2v) is 9.56. The number of amides is 1. The lowest BCUT2D eigenvalue weighted by molar-refractivity contribution is -0.114. The molecular formula is C30H23BrN4O3. The van der Waals surface area contributed by atoms with Gasteiger partial charge in [-0.15, -0.1) is 0 Å². The lowest BCUT2D eigenvalue weighted by Crippen LogP contribution is -2.38. The van der Waals surface area contributed by atoms with Gasteiger partial charge in [-0.25, -0.2) is 10.2 Å². The van der Waals surface area contributed by atoms with E-state index in [2.05, 4.69) is 37.0 Å². The van der Waals surface area contributed by atoms with Crippen molar-refractivity contribution < 1.29 is 14.3 Å². The topological polar surface area (TPSA) is 92.1 Å². The number of rotatable bonds is 7. The Morgan fingerprint density at radius 2 is 1.47 bits per heavy atom. The maximum atomic E-state index is 12.9. The van der Waals surface area contributed by atoms with Crippen LogP contribution in [0.3, 0.4) is 0 Å². The Kier molecular flexibility index (Phi) is 7.42. The lowest BCUT2D eigenvalue weighted by Gasteiger charge is -2.30. The molecule has 0 spiro atoms. The van der Waals surface area contributed by atoms with Crippen LogP contribution < -0.4 is 15.6 Å². The van der Waals surface area contributed by atoms with E-state index in [0.29, 0.717) is 23.4 Å². The number of benzene rings is 4. The average Bonchev–Trinajstić information content (AvgIpc) is 3.42. The maximum Gasteiger partial charge on any atom is 0.343 e. The SMILES string of the molecule is O=C(N/N=C/c1ccc(OC(=O)c2ccc(Br)cc2)cc1)C1=NNC(c2ccccc2)(c2ccccc2)C1. The molecule has 1 aliphatic rings. The quantitative estimate of drug-likeness (QED) is 0.135. The first kappa shape index (κ1) is 25.1. The zero-order valence-corrected chi connectivity index (χ0v) is 21.8. The fourth-order valence-electron chi connectivity index (χ4n) is 4.17. The molecule has 0 saturated heterocycles. The summed E-state index contributed by atoms with van der Waals surface area (Å²) in [4.78, 5) is 25.1. The molecule has 8 heteroatoms. The molecular weight excluding hydrogens is 544 g/mol. The number of hydrogen-bond acceptors (Lipinski definition) is 6. The van der Waals surface area contributed by atoms with Gasteiger partial charge in [0, 0.05) is 10.9 Å². The number of esters is 1. The van der Waals surface area contributed by atoms with Gasteiger partial charge < -0.3 is 4.74 Å². The van der Waals surface area contributed by atoms with Crippen molar-refractivity contribution >= 4 is 39.7 Å². The molecule has 38 heavy (non-hydrogen) atoms. The number of hydrazone groups is 2. The van der Waals surface area contributed by atoms with Crippen molar-refractivity contribution in [3.8, 4) is 5.75 Å². The summed E-state index contributed by atoms with van der Waals surface area (Å²) in [5.41, 5.74) is 8.69. The second kappa shape index (κ2) is 11.2. The average molecular weight is 567 g/mol. The zero-order valence-electron chi connectivity index (χ0n) is 20.2. The van der Waals surface area contributed by atoms with E-state index in [1.54, 1.807) is 48.5 Å². The van der Waals surface area contributed by atoms with E-state index in [4.69, 9.17) is 4.74 Å². The normalized spacial score (nSPS) is 14.0. The number of nitrogens with one attached hydrogen (secondary N) is 2. The molecule has 4 aromatic carbocycles. The van der Waals surface area contributed by atoms with Crippen molar-refractivity contribution in [1.82, 2.24) is 10.9 Å². The number of carbonyl (C=O) groups excluding carboxylic acids is 2. The molecule has 4 aromatic rings. The minimum Gasteiger partial charge on any atom is -0.423 e. The molecule has 7 nitrogen and oxygen atoms in total. The van der Waals surface area contributed by atoms with Crippen LogP contribution in [-0.4, -0.2) is 23.8 Å². The molecule has 0 aliphatic carbocycles. The van der Waals surface area contributed by atoms with Gasteiger partial charge in [-0.1, -0.05) is 76.6 Å². The van der Waals surface area contributed by atoms with Crippen LogP contribution in [0.1, 0.15) is 33.5 Å².